The van der Waals surface area contributed by atoms with Gasteiger partial charge in [-0.1, -0.05) is 11.8 Å². The van der Waals surface area contributed by atoms with Crippen LogP contribution in [0.5, 0.6) is 23.0 Å². The summed E-state index contributed by atoms with van der Waals surface area (Å²) < 4.78 is 21.8. The quantitative estimate of drug-likeness (QED) is 0.274. The first kappa shape index (κ1) is 27.9. The number of rotatable bonds is 11. The van der Waals surface area contributed by atoms with Gasteiger partial charge in [0.1, 0.15) is 5.75 Å². The molecule has 0 saturated carbocycles. The molecule has 3 rings (SSSR count). The van der Waals surface area contributed by atoms with Crippen LogP contribution in [-0.2, 0) is 9.59 Å². The van der Waals surface area contributed by atoms with E-state index in [0.717, 1.165) is 18.7 Å². The number of Topliss-reactive ketones (excluding diaryl/α,β-unsaturated/α-hetero) is 1. The van der Waals surface area contributed by atoms with E-state index in [9.17, 15) is 14.7 Å². The summed E-state index contributed by atoms with van der Waals surface area (Å²) in [4.78, 5) is 29.4. The lowest BCUT2D eigenvalue weighted by molar-refractivity contribution is -0.895. The molecule has 0 spiro atoms. The van der Waals surface area contributed by atoms with Gasteiger partial charge in [0.25, 0.3) is 5.91 Å². The maximum Gasteiger partial charge on any atom is 0.295 e. The molecule has 9 heteroatoms. The lowest BCUT2D eigenvalue weighted by Crippen LogP contribution is -3.12. The first-order valence-electron chi connectivity index (χ1n) is 12.3. The third kappa shape index (κ3) is 5.36. The second-order valence-electron chi connectivity index (χ2n) is 8.82. The Labute approximate surface area is 218 Å². The number of hydrogen-bond donors (Lipinski definition) is 1. The summed E-state index contributed by atoms with van der Waals surface area (Å²) in [6, 6.07) is 7.41. The zero-order valence-corrected chi connectivity index (χ0v) is 22.6. The highest BCUT2D eigenvalue weighted by molar-refractivity contribution is 6.46. The van der Waals surface area contributed by atoms with Crippen molar-refractivity contribution in [2.75, 3.05) is 54.6 Å². The summed E-state index contributed by atoms with van der Waals surface area (Å²) in [5, 5.41) is 13.8. The lowest BCUT2D eigenvalue weighted by atomic mass is 9.94. The van der Waals surface area contributed by atoms with Crippen molar-refractivity contribution in [3.8, 4) is 23.0 Å². The summed E-state index contributed by atoms with van der Waals surface area (Å²) in [5.74, 6) is -0.260. The Hall–Kier alpha value is -3.72. The van der Waals surface area contributed by atoms with Gasteiger partial charge in [0.05, 0.1) is 60.7 Å². The van der Waals surface area contributed by atoms with Crippen LogP contribution >= 0.6 is 0 Å². The number of amides is 1. The van der Waals surface area contributed by atoms with Crippen LogP contribution in [0.4, 0.5) is 0 Å². The third-order valence-electron chi connectivity index (χ3n) is 6.90. The summed E-state index contributed by atoms with van der Waals surface area (Å²) in [6.45, 7) is 8.65. The largest absolute Gasteiger partial charge is 0.872 e. The molecule has 1 heterocycles. The maximum atomic E-state index is 13.8. The monoisotopic (exact) mass is 512 g/mol. The molecule has 1 aliphatic rings. The number of nitrogens with one attached hydrogen (secondary N) is 1. The lowest BCUT2D eigenvalue weighted by Gasteiger charge is -2.29. The summed E-state index contributed by atoms with van der Waals surface area (Å²) >= 11 is 0. The molecule has 1 fully saturated rings. The smallest absolute Gasteiger partial charge is 0.295 e. The summed E-state index contributed by atoms with van der Waals surface area (Å²) in [6.07, 6.45) is 0. The van der Waals surface area contributed by atoms with Gasteiger partial charge < -0.3 is 33.9 Å². The minimum atomic E-state index is -0.904. The molecule has 2 aromatic rings. The van der Waals surface area contributed by atoms with Crippen LogP contribution in [0.25, 0.3) is 5.76 Å². The number of carbonyl (C=O) groups excluding carboxylic acids is 2. The van der Waals surface area contributed by atoms with Gasteiger partial charge in [0.15, 0.2) is 11.5 Å². The molecule has 1 unspecified atom stereocenters. The van der Waals surface area contributed by atoms with Crippen LogP contribution in [-0.4, -0.2) is 71.2 Å². The molecule has 9 nitrogen and oxygen atoms in total. The van der Waals surface area contributed by atoms with E-state index in [1.54, 1.807) is 37.4 Å². The van der Waals surface area contributed by atoms with Gasteiger partial charge in [-0.05, 0) is 61.7 Å². The molecule has 0 aromatic heterocycles. The van der Waals surface area contributed by atoms with E-state index in [1.807, 2.05) is 6.92 Å². The average Bonchev–Trinajstić information content (AvgIpc) is 3.17. The zero-order chi connectivity index (χ0) is 27.3. The third-order valence-corrected chi connectivity index (χ3v) is 6.90. The Bertz CT molecular complexity index is 1160. The number of aryl methyl sites for hydroxylation is 1. The van der Waals surface area contributed by atoms with Crippen LogP contribution in [0.15, 0.2) is 35.9 Å². The van der Waals surface area contributed by atoms with Crippen LogP contribution in [0.2, 0.25) is 0 Å². The van der Waals surface area contributed by atoms with Crippen molar-refractivity contribution in [1.82, 2.24) is 4.90 Å². The Morgan fingerprint density at radius 1 is 0.919 bits per heavy atom. The zero-order valence-electron chi connectivity index (χ0n) is 22.6. The minimum absolute atomic E-state index is 0.0987. The number of likely N-dealkylation sites (tertiary alicyclic amines) is 1. The molecule has 200 valence electrons. The number of quaternary nitrogens is 1. The first-order valence-corrected chi connectivity index (χ1v) is 12.3. The molecule has 1 atom stereocenters. The highest BCUT2D eigenvalue weighted by Crippen LogP contribution is 2.45. The average molecular weight is 513 g/mol. The van der Waals surface area contributed by atoms with Crippen LogP contribution < -0.4 is 29.0 Å². The van der Waals surface area contributed by atoms with Crippen LogP contribution in [0.1, 0.15) is 36.6 Å². The van der Waals surface area contributed by atoms with Crippen molar-refractivity contribution in [1.29, 1.82) is 0 Å². The number of hydrogen-bond acceptors (Lipinski definition) is 7. The van der Waals surface area contributed by atoms with E-state index in [2.05, 4.69) is 13.8 Å². The van der Waals surface area contributed by atoms with Crippen molar-refractivity contribution >= 4 is 17.4 Å². The molecule has 37 heavy (non-hydrogen) atoms. The molecule has 1 amide bonds. The van der Waals surface area contributed by atoms with Crippen molar-refractivity contribution in [2.24, 2.45) is 0 Å². The standard InChI is InChI=1S/C28H36N2O7/c1-8-29(9-2)12-13-30-24(19-15-21(35-5)27(37-7)22(16-19)36-6)23(26(32)28(30)33)25(31)18-10-11-20(34-4)17(3)14-18/h10-11,14-16,24,31H,8-9,12-13H2,1-7H3. The van der Waals surface area contributed by atoms with E-state index in [4.69, 9.17) is 18.9 Å². The SMILES string of the molecule is CC[NH+](CC)CCN1C(=O)C(=O)C(=C([O-])c2ccc(OC)c(C)c2)C1c1cc(OC)c(OC)c(OC)c1. The van der Waals surface area contributed by atoms with Crippen molar-refractivity contribution in [2.45, 2.75) is 26.8 Å². The highest BCUT2D eigenvalue weighted by atomic mass is 16.5. The Morgan fingerprint density at radius 3 is 2.00 bits per heavy atom. The van der Waals surface area contributed by atoms with Gasteiger partial charge in [-0.25, -0.2) is 0 Å². The number of nitrogens with zero attached hydrogens (tertiary/aromatic N) is 1. The second-order valence-corrected chi connectivity index (χ2v) is 8.82. The van der Waals surface area contributed by atoms with Crippen LogP contribution in [0.3, 0.4) is 0 Å². The maximum absolute atomic E-state index is 13.8. The summed E-state index contributed by atoms with van der Waals surface area (Å²) in [5.41, 5.74) is 1.48. The fourth-order valence-corrected chi connectivity index (χ4v) is 4.76. The number of methoxy groups -OCH3 is 4. The molecule has 0 aliphatic carbocycles. The molecule has 0 radical (unpaired) electrons. The van der Waals surface area contributed by atoms with Gasteiger partial charge >= 0.3 is 0 Å². The predicted octanol–water partition coefficient (Wildman–Crippen LogP) is 1.18. The van der Waals surface area contributed by atoms with Gasteiger partial charge in [-0.2, -0.15) is 0 Å². The molecular formula is C28H36N2O7. The number of benzene rings is 2. The fraction of sp³-hybridized carbons (Fsp3) is 0.429. The van der Waals surface area contributed by atoms with E-state index in [1.165, 1.54) is 31.1 Å². The summed E-state index contributed by atoms with van der Waals surface area (Å²) in [7, 11) is 6.02. The van der Waals surface area contributed by atoms with Gasteiger partial charge in [-0.3, -0.25) is 9.59 Å². The Balaban J connectivity index is 2.24. The second kappa shape index (κ2) is 12.0. The first-order chi connectivity index (χ1) is 17.8. The predicted molar refractivity (Wildman–Crippen MR) is 137 cm³/mol. The Morgan fingerprint density at radius 2 is 1.51 bits per heavy atom. The number of ether oxygens (including phenoxy) is 4. The van der Waals surface area contributed by atoms with Crippen LogP contribution in [0, 0.1) is 6.92 Å². The Kier molecular flexibility index (Phi) is 9.04. The topological polar surface area (TPSA) is 102 Å². The minimum Gasteiger partial charge on any atom is -0.872 e. The van der Waals surface area contributed by atoms with Crippen molar-refractivity contribution in [3.05, 3.63) is 52.6 Å². The number of likely N-dealkylation sites (N-methyl/N-ethyl adjacent to an activating group) is 1. The van der Waals surface area contributed by atoms with Crippen molar-refractivity contribution < 1.29 is 38.5 Å². The van der Waals surface area contributed by atoms with Crippen molar-refractivity contribution in [3.63, 3.8) is 0 Å². The van der Waals surface area contributed by atoms with E-state index in [0.29, 0.717) is 47.2 Å². The normalized spacial score (nSPS) is 16.9. The fourth-order valence-electron chi connectivity index (χ4n) is 4.76. The van der Waals surface area contributed by atoms with Gasteiger partial charge in [0, 0.05) is 5.57 Å². The van der Waals surface area contributed by atoms with Gasteiger partial charge in [-0.15, -0.1) is 0 Å². The van der Waals surface area contributed by atoms with E-state index >= 15 is 0 Å². The number of carbonyl (C=O) groups is 2. The van der Waals surface area contributed by atoms with E-state index in [-0.39, 0.29) is 5.57 Å². The molecule has 0 bridgehead atoms. The molecule has 1 N–H and O–H groups in total. The molecule has 1 saturated heterocycles. The number of ketones is 1. The van der Waals surface area contributed by atoms with Gasteiger partial charge in [0.2, 0.25) is 11.5 Å². The highest BCUT2D eigenvalue weighted by Gasteiger charge is 2.45. The molecule has 2 aromatic carbocycles. The molecule has 1 aliphatic heterocycles. The molecular weight excluding hydrogens is 476 g/mol. The van der Waals surface area contributed by atoms with E-state index < -0.39 is 23.5 Å².